The summed E-state index contributed by atoms with van der Waals surface area (Å²) >= 11 is 0. The van der Waals surface area contributed by atoms with Gasteiger partial charge >= 0.3 is 0 Å². The van der Waals surface area contributed by atoms with Gasteiger partial charge in [0.25, 0.3) is 5.79 Å². The first-order valence-corrected chi connectivity index (χ1v) is 7.57. The number of benzene rings is 1. The Balaban J connectivity index is 2.07. The fraction of sp³-hybridized carbons (Fsp3) is 0.389. The Kier molecular flexibility index (Phi) is 4.11. The lowest BCUT2D eigenvalue weighted by atomic mass is 9.80. The second-order valence-corrected chi connectivity index (χ2v) is 5.81. The normalized spacial score (nSPS) is 28.8. The number of Topliss-reactive ketones (excluding diaryl/α,β-unsaturated/α-hetero) is 1. The molecule has 24 heavy (non-hydrogen) atoms. The molecule has 1 heterocycles. The van der Waals surface area contributed by atoms with Crippen molar-refractivity contribution in [3.05, 3.63) is 47.7 Å². The van der Waals surface area contributed by atoms with Crippen molar-refractivity contribution in [1.82, 2.24) is 0 Å². The van der Waals surface area contributed by atoms with E-state index in [1.165, 1.54) is 19.2 Å². The number of ether oxygens (including phenoxy) is 4. The molecule has 1 N–H and O–H groups in total. The second kappa shape index (κ2) is 5.96. The van der Waals surface area contributed by atoms with Gasteiger partial charge in [0, 0.05) is 20.6 Å². The van der Waals surface area contributed by atoms with E-state index in [1.54, 1.807) is 26.4 Å². The van der Waals surface area contributed by atoms with Gasteiger partial charge in [0.05, 0.1) is 24.9 Å². The molecule has 0 aromatic heterocycles. The molecule has 1 aromatic carbocycles. The van der Waals surface area contributed by atoms with Crippen LogP contribution in [0.4, 0.5) is 0 Å². The lowest BCUT2D eigenvalue weighted by Gasteiger charge is -2.48. The highest BCUT2D eigenvalue weighted by Crippen LogP contribution is 2.46. The summed E-state index contributed by atoms with van der Waals surface area (Å²) in [5, 5.41) is 9.61. The minimum Gasteiger partial charge on any atom is -0.508 e. The zero-order valence-corrected chi connectivity index (χ0v) is 13.9. The van der Waals surface area contributed by atoms with Gasteiger partial charge in [-0.1, -0.05) is 6.08 Å². The fourth-order valence-electron chi connectivity index (χ4n) is 3.25. The van der Waals surface area contributed by atoms with E-state index in [-0.39, 0.29) is 18.0 Å². The smallest absolute Gasteiger partial charge is 0.251 e. The maximum Gasteiger partial charge on any atom is 0.251 e. The highest BCUT2D eigenvalue weighted by atomic mass is 16.7. The third kappa shape index (κ3) is 2.39. The van der Waals surface area contributed by atoms with Crippen molar-refractivity contribution < 1.29 is 28.8 Å². The van der Waals surface area contributed by atoms with Gasteiger partial charge in [0.1, 0.15) is 11.5 Å². The van der Waals surface area contributed by atoms with E-state index in [0.717, 1.165) is 0 Å². The van der Waals surface area contributed by atoms with Crippen molar-refractivity contribution in [1.29, 1.82) is 0 Å². The zero-order chi connectivity index (χ0) is 17.4. The predicted octanol–water partition coefficient (Wildman–Crippen LogP) is 2.58. The number of allylic oxidation sites excluding steroid dienone is 2. The number of hydrogen-bond donors (Lipinski definition) is 1. The lowest BCUT2D eigenvalue weighted by Crippen LogP contribution is -2.62. The van der Waals surface area contributed by atoms with Gasteiger partial charge < -0.3 is 24.1 Å². The van der Waals surface area contributed by atoms with E-state index in [4.69, 9.17) is 18.9 Å². The van der Waals surface area contributed by atoms with Crippen LogP contribution >= 0.6 is 0 Å². The van der Waals surface area contributed by atoms with E-state index >= 15 is 0 Å². The Morgan fingerprint density at radius 2 is 1.96 bits per heavy atom. The summed E-state index contributed by atoms with van der Waals surface area (Å²) in [4.78, 5) is 12.7. The fourth-order valence-corrected chi connectivity index (χ4v) is 3.25. The van der Waals surface area contributed by atoms with Crippen LogP contribution in [-0.2, 0) is 14.2 Å². The molecule has 0 saturated carbocycles. The number of aromatic hydroxyl groups is 1. The number of hydrogen-bond acceptors (Lipinski definition) is 6. The third-order valence-corrected chi connectivity index (χ3v) is 4.62. The molecule has 0 radical (unpaired) electrons. The first kappa shape index (κ1) is 16.5. The van der Waals surface area contributed by atoms with Crippen LogP contribution in [0.3, 0.4) is 0 Å². The topological polar surface area (TPSA) is 74.2 Å². The quantitative estimate of drug-likeness (QED) is 0.913. The summed E-state index contributed by atoms with van der Waals surface area (Å²) in [5.41, 5.74) is -0.691. The van der Waals surface area contributed by atoms with Crippen LogP contribution in [-0.4, -0.2) is 43.6 Å². The van der Waals surface area contributed by atoms with Gasteiger partial charge in [0.2, 0.25) is 0 Å². The minimum atomic E-state index is -1.34. The average Bonchev–Trinajstić information content (AvgIpc) is 2.62. The summed E-state index contributed by atoms with van der Waals surface area (Å²) in [5.74, 6) is -0.462. The van der Waals surface area contributed by atoms with Crippen LogP contribution in [0.15, 0.2) is 42.2 Å². The maximum atomic E-state index is 12.7. The Morgan fingerprint density at radius 1 is 1.17 bits per heavy atom. The molecule has 1 aliphatic heterocycles. The molecule has 0 saturated heterocycles. The molecule has 2 atom stereocenters. The van der Waals surface area contributed by atoms with Gasteiger partial charge in [-0.15, -0.1) is 0 Å². The second-order valence-electron chi connectivity index (χ2n) is 5.81. The molecule has 2 aliphatic rings. The van der Waals surface area contributed by atoms with Crippen LogP contribution in [0, 0.1) is 0 Å². The minimum absolute atomic E-state index is 0.0132. The van der Waals surface area contributed by atoms with E-state index in [2.05, 4.69) is 0 Å². The molecule has 0 fully saturated rings. The Bertz CT molecular complexity index is 722. The number of ketones is 1. The van der Waals surface area contributed by atoms with E-state index in [9.17, 15) is 9.90 Å². The van der Waals surface area contributed by atoms with Crippen LogP contribution in [0.5, 0.6) is 11.5 Å². The summed E-state index contributed by atoms with van der Waals surface area (Å²) < 4.78 is 22.9. The van der Waals surface area contributed by atoms with Gasteiger partial charge in [-0.25, -0.2) is 0 Å². The zero-order valence-electron chi connectivity index (χ0n) is 13.9. The predicted molar refractivity (Wildman–Crippen MR) is 86.0 cm³/mol. The monoisotopic (exact) mass is 332 g/mol. The van der Waals surface area contributed by atoms with Crippen molar-refractivity contribution in [3.63, 3.8) is 0 Å². The SMILES string of the molecule is COC1=CC=CC(OC)(C2(OC)CC(=O)c3cc(O)ccc3O2)C1. The van der Waals surface area contributed by atoms with Crippen molar-refractivity contribution in [3.8, 4) is 11.5 Å². The summed E-state index contributed by atoms with van der Waals surface area (Å²) in [7, 11) is 4.61. The first-order chi connectivity index (χ1) is 11.5. The number of carbonyl (C=O) groups excluding carboxylic acids is 1. The number of carbonyl (C=O) groups is 1. The number of methoxy groups -OCH3 is 3. The largest absolute Gasteiger partial charge is 0.508 e. The number of phenols is 1. The van der Waals surface area contributed by atoms with Crippen molar-refractivity contribution in [2.75, 3.05) is 21.3 Å². The molecular formula is C18H20O6. The first-order valence-electron chi connectivity index (χ1n) is 7.57. The average molecular weight is 332 g/mol. The van der Waals surface area contributed by atoms with Gasteiger partial charge in [-0.05, 0) is 30.4 Å². The van der Waals surface area contributed by atoms with Crippen LogP contribution < -0.4 is 4.74 Å². The van der Waals surface area contributed by atoms with E-state index < -0.39 is 11.4 Å². The molecule has 3 rings (SSSR count). The van der Waals surface area contributed by atoms with Gasteiger partial charge in [-0.2, -0.15) is 0 Å². The third-order valence-electron chi connectivity index (χ3n) is 4.62. The van der Waals surface area contributed by atoms with Crippen molar-refractivity contribution in [2.24, 2.45) is 0 Å². The highest BCUT2D eigenvalue weighted by Gasteiger charge is 2.58. The molecule has 0 amide bonds. The molecule has 1 aliphatic carbocycles. The number of rotatable bonds is 4. The summed E-state index contributed by atoms with van der Waals surface area (Å²) in [6, 6.07) is 4.42. The van der Waals surface area contributed by atoms with E-state index in [1.807, 2.05) is 12.2 Å². The van der Waals surface area contributed by atoms with Crippen LogP contribution in [0.2, 0.25) is 0 Å². The van der Waals surface area contributed by atoms with Crippen LogP contribution in [0.25, 0.3) is 0 Å². The maximum absolute atomic E-state index is 12.7. The van der Waals surface area contributed by atoms with E-state index in [0.29, 0.717) is 23.5 Å². The molecule has 2 unspecified atom stereocenters. The molecule has 0 bridgehead atoms. The number of fused-ring (bicyclic) bond motifs is 1. The Morgan fingerprint density at radius 3 is 2.62 bits per heavy atom. The van der Waals surface area contributed by atoms with Crippen molar-refractivity contribution >= 4 is 5.78 Å². The Hall–Kier alpha value is -2.31. The van der Waals surface area contributed by atoms with Crippen molar-refractivity contribution in [2.45, 2.75) is 24.2 Å². The molecule has 0 spiro atoms. The van der Waals surface area contributed by atoms with Gasteiger partial charge in [-0.3, -0.25) is 4.79 Å². The highest BCUT2D eigenvalue weighted by molar-refractivity contribution is 6.00. The summed E-state index contributed by atoms with van der Waals surface area (Å²) in [6.07, 6.45) is 5.77. The molecule has 128 valence electrons. The molecule has 6 nitrogen and oxygen atoms in total. The summed E-state index contributed by atoms with van der Waals surface area (Å²) in [6.45, 7) is 0. The standard InChI is InChI=1S/C18H20O6/c1-21-13-5-4-8-17(10-13,22-2)18(23-3)11-15(20)14-9-12(19)6-7-16(14)24-18/h4-9,19H,10-11H2,1-3H3. The Labute approximate surface area is 140 Å². The number of phenolic OH excluding ortho intramolecular Hbond substituents is 1. The molecular weight excluding hydrogens is 312 g/mol. The molecule has 6 heteroatoms. The molecule has 1 aromatic rings. The van der Waals surface area contributed by atoms with Crippen LogP contribution in [0.1, 0.15) is 23.2 Å². The van der Waals surface area contributed by atoms with Gasteiger partial charge in [0.15, 0.2) is 11.4 Å². The lowest BCUT2D eigenvalue weighted by molar-refractivity contribution is -0.264.